The molecule has 17 heavy (non-hydrogen) atoms. The van der Waals surface area contributed by atoms with Crippen LogP contribution in [-0.2, 0) is 19.4 Å². The van der Waals surface area contributed by atoms with Gasteiger partial charge in [-0.2, -0.15) is 0 Å². The molecule has 88 valence electrons. The molecule has 0 unspecified atom stereocenters. The molecule has 0 aliphatic heterocycles. The molecule has 3 rings (SSSR count). The van der Waals surface area contributed by atoms with Crippen LogP contribution in [0.25, 0.3) is 11.3 Å². The van der Waals surface area contributed by atoms with Gasteiger partial charge in [0, 0.05) is 17.7 Å². The number of nitrogens with one attached hydrogen (secondary N) is 1. The Hall–Kier alpha value is -1.61. The zero-order chi connectivity index (χ0) is 11.7. The Balaban J connectivity index is 2.01. The van der Waals surface area contributed by atoms with E-state index in [0.717, 1.165) is 37.4 Å². The lowest BCUT2D eigenvalue weighted by atomic mass is 9.90. The number of fused-ring (bicyclic) bond motifs is 3. The van der Waals surface area contributed by atoms with E-state index in [0.29, 0.717) is 0 Å². The largest absolute Gasteiger partial charge is 0.356 e. The average Bonchev–Trinajstić information content (AvgIpc) is 2.80. The van der Waals surface area contributed by atoms with Gasteiger partial charge in [-0.05, 0) is 24.9 Å². The maximum Gasteiger partial charge on any atom is 0.170 e. The molecule has 1 aliphatic rings. The van der Waals surface area contributed by atoms with Crippen LogP contribution < -0.4 is 5.32 Å². The van der Waals surface area contributed by atoms with Crippen LogP contribution in [0.4, 0.5) is 0 Å². The highest BCUT2D eigenvalue weighted by Gasteiger charge is 2.23. The summed E-state index contributed by atoms with van der Waals surface area (Å²) in [7, 11) is 0. The smallest absolute Gasteiger partial charge is 0.170 e. The summed E-state index contributed by atoms with van der Waals surface area (Å²) < 4.78 is 5.52. The van der Waals surface area contributed by atoms with Crippen molar-refractivity contribution < 1.29 is 4.52 Å². The summed E-state index contributed by atoms with van der Waals surface area (Å²) >= 11 is 0. The third kappa shape index (κ3) is 1.76. The first-order valence-electron chi connectivity index (χ1n) is 6.16. The molecule has 0 spiro atoms. The highest BCUT2D eigenvalue weighted by atomic mass is 16.5. The first kappa shape index (κ1) is 10.5. The number of aromatic nitrogens is 1. The number of benzene rings is 1. The summed E-state index contributed by atoms with van der Waals surface area (Å²) in [5, 5.41) is 7.50. The van der Waals surface area contributed by atoms with Gasteiger partial charge < -0.3 is 9.84 Å². The Labute approximate surface area is 101 Å². The molecule has 1 N–H and O–H groups in total. The molecule has 1 heterocycles. The third-order valence-electron chi connectivity index (χ3n) is 3.32. The van der Waals surface area contributed by atoms with Crippen LogP contribution in [0, 0.1) is 0 Å². The van der Waals surface area contributed by atoms with Crippen molar-refractivity contribution in [1.29, 1.82) is 0 Å². The molecule has 0 atom stereocenters. The van der Waals surface area contributed by atoms with E-state index in [1.807, 2.05) is 0 Å². The Bertz CT molecular complexity index is 531. The molecule has 0 saturated heterocycles. The van der Waals surface area contributed by atoms with Crippen LogP contribution in [0.15, 0.2) is 28.8 Å². The minimum Gasteiger partial charge on any atom is -0.356 e. The van der Waals surface area contributed by atoms with Crippen LogP contribution in [0.3, 0.4) is 0 Å². The van der Waals surface area contributed by atoms with Crippen LogP contribution in [0.5, 0.6) is 0 Å². The Morgan fingerprint density at radius 2 is 2.18 bits per heavy atom. The number of nitrogens with zero attached hydrogens (tertiary/aromatic N) is 1. The van der Waals surface area contributed by atoms with E-state index in [1.165, 1.54) is 16.7 Å². The predicted molar refractivity (Wildman–Crippen MR) is 66.7 cm³/mol. The van der Waals surface area contributed by atoms with Crippen molar-refractivity contribution in [3.63, 3.8) is 0 Å². The Morgan fingerprint density at radius 3 is 3.06 bits per heavy atom. The molecular formula is C14H16N2O. The number of aryl methyl sites for hydroxylation is 1. The van der Waals surface area contributed by atoms with Gasteiger partial charge in [-0.15, -0.1) is 0 Å². The van der Waals surface area contributed by atoms with Crippen molar-refractivity contribution in [3.8, 4) is 11.3 Å². The van der Waals surface area contributed by atoms with Gasteiger partial charge in [-0.25, -0.2) is 0 Å². The molecule has 3 heteroatoms. The molecule has 1 aliphatic carbocycles. The minimum absolute atomic E-state index is 0.803. The number of hydrogen-bond acceptors (Lipinski definition) is 3. The molecule has 0 fully saturated rings. The van der Waals surface area contributed by atoms with Gasteiger partial charge in [0.1, 0.15) is 5.69 Å². The highest BCUT2D eigenvalue weighted by molar-refractivity contribution is 5.68. The van der Waals surface area contributed by atoms with E-state index in [9.17, 15) is 0 Å². The zero-order valence-electron chi connectivity index (χ0n) is 9.99. The van der Waals surface area contributed by atoms with Gasteiger partial charge in [-0.3, -0.25) is 0 Å². The van der Waals surface area contributed by atoms with Crippen molar-refractivity contribution >= 4 is 0 Å². The van der Waals surface area contributed by atoms with Crippen molar-refractivity contribution in [3.05, 3.63) is 41.1 Å². The van der Waals surface area contributed by atoms with E-state index in [-0.39, 0.29) is 0 Å². The van der Waals surface area contributed by atoms with Crippen molar-refractivity contribution in [1.82, 2.24) is 10.5 Å². The van der Waals surface area contributed by atoms with Gasteiger partial charge in [0.05, 0.1) is 0 Å². The fourth-order valence-corrected chi connectivity index (χ4v) is 2.41. The molecule has 1 aromatic carbocycles. The van der Waals surface area contributed by atoms with Crippen molar-refractivity contribution in [2.45, 2.75) is 26.3 Å². The van der Waals surface area contributed by atoms with Gasteiger partial charge in [0.25, 0.3) is 0 Å². The summed E-state index contributed by atoms with van der Waals surface area (Å²) in [6.07, 6.45) is 2.13. The van der Waals surface area contributed by atoms with Crippen LogP contribution in [0.2, 0.25) is 0 Å². The van der Waals surface area contributed by atoms with Gasteiger partial charge in [0.2, 0.25) is 0 Å². The fourth-order valence-electron chi connectivity index (χ4n) is 2.41. The van der Waals surface area contributed by atoms with Gasteiger partial charge in [0.15, 0.2) is 5.76 Å². The first-order chi connectivity index (χ1) is 8.40. The maximum atomic E-state index is 5.52. The third-order valence-corrected chi connectivity index (χ3v) is 3.32. The quantitative estimate of drug-likeness (QED) is 0.877. The van der Waals surface area contributed by atoms with E-state index >= 15 is 0 Å². The molecule has 3 nitrogen and oxygen atoms in total. The number of hydrogen-bond donors (Lipinski definition) is 1. The molecule has 1 aromatic heterocycles. The molecular weight excluding hydrogens is 212 g/mol. The summed E-state index contributed by atoms with van der Waals surface area (Å²) in [6.45, 7) is 3.86. The second-order valence-corrected chi connectivity index (χ2v) is 4.37. The maximum absolute atomic E-state index is 5.52. The summed E-state index contributed by atoms with van der Waals surface area (Å²) in [5.74, 6) is 0.972. The lowest BCUT2D eigenvalue weighted by molar-refractivity contribution is 0.419. The summed E-state index contributed by atoms with van der Waals surface area (Å²) in [6, 6.07) is 8.43. The lowest BCUT2D eigenvalue weighted by Crippen LogP contribution is -2.14. The van der Waals surface area contributed by atoms with E-state index in [4.69, 9.17) is 4.52 Å². The predicted octanol–water partition coefficient (Wildman–Crippen LogP) is 2.55. The van der Waals surface area contributed by atoms with E-state index in [2.05, 4.69) is 41.7 Å². The summed E-state index contributed by atoms with van der Waals surface area (Å²) in [4.78, 5) is 0. The monoisotopic (exact) mass is 228 g/mol. The molecule has 2 aromatic rings. The second kappa shape index (κ2) is 4.34. The molecule has 0 bridgehead atoms. The fraction of sp³-hybridized carbons (Fsp3) is 0.357. The van der Waals surface area contributed by atoms with E-state index in [1.54, 1.807) is 0 Å². The molecule has 0 saturated carbocycles. The Kier molecular flexibility index (Phi) is 2.69. The van der Waals surface area contributed by atoms with E-state index < -0.39 is 0 Å². The van der Waals surface area contributed by atoms with Crippen molar-refractivity contribution in [2.24, 2.45) is 0 Å². The SMILES string of the molecule is CCNCc1noc2c1CCc1ccccc1-2. The average molecular weight is 228 g/mol. The van der Waals surface area contributed by atoms with Crippen LogP contribution in [-0.4, -0.2) is 11.7 Å². The first-order valence-corrected chi connectivity index (χ1v) is 6.16. The van der Waals surface area contributed by atoms with Crippen LogP contribution >= 0.6 is 0 Å². The zero-order valence-corrected chi connectivity index (χ0v) is 9.99. The van der Waals surface area contributed by atoms with Crippen molar-refractivity contribution in [2.75, 3.05) is 6.54 Å². The molecule has 0 radical (unpaired) electrons. The number of rotatable bonds is 3. The topological polar surface area (TPSA) is 38.1 Å². The minimum atomic E-state index is 0.803. The second-order valence-electron chi connectivity index (χ2n) is 4.37. The normalized spacial score (nSPS) is 13.2. The highest BCUT2D eigenvalue weighted by Crippen LogP contribution is 2.34. The standard InChI is InChI=1S/C14H16N2O/c1-2-15-9-13-12-8-7-10-5-3-4-6-11(10)14(12)17-16-13/h3-6,15H,2,7-9H2,1H3. The lowest BCUT2D eigenvalue weighted by Gasteiger charge is -2.14. The van der Waals surface area contributed by atoms with Crippen LogP contribution in [0.1, 0.15) is 23.7 Å². The summed E-state index contributed by atoms with van der Waals surface area (Å²) in [5.41, 5.74) is 4.93. The molecule has 0 amide bonds. The Morgan fingerprint density at radius 1 is 1.29 bits per heavy atom. The van der Waals surface area contributed by atoms with Gasteiger partial charge in [-0.1, -0.05) is 36.3 Å². The van der Waals surface area contributed by atoms with Gasteiger partial charge >= 0.3 is 0 Å².